The zero-order valence-corrected chi connectivity index (χ0v) is 8.38. The summed E-state index contributed by atoms with van der Waals surface area (Å²) in [5.74, 6) is -0.917. The van der Waals surface area contributed by atoms with Gasteiger partial charge in [-0.05, 0) is 0 Å². The van der Waals surface area contributed by atoms with Crippen LogP contribution in [0.3, 0.4) is 0 Å². The highest BCUT2D eigenvalue weighted by atomic mass is 16.6. The van der Waals surface area contributed by atoms with Crippen LogP contribution in [0.5, 0.6) is 0 Å². The minimum absolute atomic E-state index is 0.453. The van der Waals surface area contributed by atoms with Gasteiger partial charge in [0.25, 0.3) is 0 Å². The third-order valence-electron chi connectivity index (χ3n) is 1.56. The largest absolute Gasteiger partial charge is 0.465 e. The number of carbonyl (C=O) groups is 2. The van der Waals surface area contributed by atoms with E-state index in [1.165, 1.54) is 0 Å². The first-order valence-electron chi connectivity index (χ1n) is 4.03. The molecule has 1 aromatic heterocycles. The Morgan fingerprint density at radius 1 is 1.53 bits per heavy atom. The highest BCUT2D eigenvalue weighted by Crippen LogP contribution is 2.29. The lowest BCUT2D eigenvalue weighted by molar-refractivity contribution is -0.383. The van der Waals surface area contributed by atoms with Crippen molar-refractivity contribution in [1.82, 2.24) is 10.2 Å². The number of nitrogens with zero attached hydrogens (tertiary/aromatic N) is 2. The molecule has 11 nitrogen and oxygen atoms in total. The van der Waals surface area contributed by atoms with Crippen molar-refractivity contribution in [2.24, 2.45) is 0 Å². The number of aromatic nitrogens is 2. The lowest BCUT2D eigenvalue weighted by atomic mass is 10.4. The highest BCUT2D eigenvalue weighted by molar-refractivity contribution is 5.92. The van der Waals surface area contributed by atoms with Crippen molar-refractivity contribution < 1.29 is 24.4 Å². The van der Waals surface area contributed by atoms with Gasteiger partial charge < -0.3 is 9.84 Å². The zero-order chi connectivity index (χ0) is 13.0. The maximum atomic E-state index is 10.8. The summed E-state index contributed by atoms with van der Waals surface area (Å²) in [6.45, 7) is 0. The molecule has 11 heteroatoms. The molecule has 0 aromatic carbocycles. The zero-order valence-electron chi connectivity index (χ0n) is 8.38. The fourth-order valence-corrected chi connectivity index (χ4v) is 0.943. The topological polar surface area (TPSA) is 159 Å². The Hall–Kier alpha value is -2.85. The molecule has 0 saturated carbocycles. The number of rotatable bonds is 3. The molecule has 17 heavy (non-hydrogen) atoms. The predicted molar refractivity (Wildman–Crippen MR) is 52.9 cm³/mol. The molecule has 1 heterocycles. The fraction of sp³-hybridized carbons (Fsp3) is 0.167. The Morgan fingerprint density at radius 2 is 2.18 bits per heavy atom. The first-order valence-corrected chi connectivity index (χ1v) is 4.03. The van der Waals surface area contributed by atoms with Crippen molar-refractivity contribution >= 4 is 29.5 Å². The summed E-state index contributed by atoms with van der Waals surface area (Å²) in [6.07, 6.45) is -2.48. The van der Waals surface area contributed by atoms with E-state index in [1.807, 2.05) is 5.32 Å². The Kier molecular flexibility index (Phi) is 3.44. The number of hydrogen-bond acceptors (Lipinski definition) is 6. The summed E-state index contributed by atoms with van der Waals surface area (Å²) < 4.78 is 4.22. The summed E-state index contributed by atoms with van der Waals surface area (Å²) in [4.78, 5) is 31.0. The molecule has 1 rings (SSSR count). The molecular weight excluding hydrogens is 238 g/mol. The molecule has 0 saturated heterocycles. The molecule has 0 fully saturated rings. The minimum atomic E-state index is -1.51. The summed E-state index contributed by atoms with van der Waals surface area (Å²) >= 11 is 0. The summed E-state index contributed by atoms with van der Waals surface area (Å²) in [7, 11) is 1.06. The van der Waals surface area contributed by atoms with Gasteiger partial charge in [-0.25, -0.2) is 9.59 Å². The number of ether oxygens (including phenoxy) is 1. The summed E-state index contributed by atoms with van der Waals surface area (Å²) in [5.41, 5.74) is -0.710. The Morgan fingerprint density at radius 3 is 2.65 bits per heavy atom. The van der Waals surface area contributed by atoms with E-state index in [4.69, 9.17) is 5.11 Å². The van der Waals surface area contributed by atoms with Crippen molar-refractivity contribution in [3.63, 3.8) is 0 Å². The molecule has 0 bridgehead atoms. The summed E-state index contributed by atoms with van der Waals surface area (Å²) in [5, 5.41) is 28.2. The molecule has 1 aromatic rings. The molecule has 0 spiro atoms. The molecule has 0 aliphatic heterocycles. The number of carboxylic acid groups (broad SMARTS) is 1. The van der Waals surface area contributed by atoms with E-state index < -0.39 is 34.4 Å². The van der Waals surface area contributed by atoms with Crippen molar-refractivity contribution in [3.8, 4) is 0 Å². The van der Waals surface area contributed by atoms with E-state index >= 15 is 0 Å². The van der Waals surface area contributed by atoms with Crippen LogP contribution in [0.1, 0.15) is 0 Å². The van der Waals surface area contributed by atoms with Crippen molar-refractivity contribution in [2.45, 2.75) is 0 Å². The monoisotopic (exact) mass is 245 g/mol. The number of amides is 2. The van der Waals surface area contributed by atoms with Crippen molar-refractivity contribution in [2.75, 3.05) is 17.7 Å². The van der Waals surface area contributed by atoms with Gasteiger partial charge in [0, 0.05) is 0 Å². The van der Waals surface area contributed by atoms with Crippen LogP contribution in [0.25, 0.3) is 0 Å². The van der Waals surface area contributed by atoms with Crippen LogP contribution in [-0.4, -0.2) is 39.5 Å². The number of anilines is 2. The molecule has 4 N–H and O–H groups in total. The van der Waals surface area contributed by atoms with E-state index in [0.29, 0.717) is 0 Å². The molecule has 2 amide bonds. The molecule has 0 aliphatic carbocycles. The van der Waals surface area contributed by atoms with E-state index in [2.05, 4.69) is 14.9 Å². The Labute approximate surface area is 92.9 Å². The first kappa shape index (κ1) is 12.2. The third kappa shape index (κ3) is 2.80. The Bertz CT molecular complexity index is 467. The van der Waals surface area contributed by atoms with Gasteiger partial charge in [0.15, 0.2) is 0 Å². The van der Waals surface area contributed by atoms with Crippen LogP contribution in [0.4, 0.5) is 26.9 Å². The second-order valence-corrected chi connectivity index (χ2v) is 2.60. The van der Waals surface area contributed by atoms with Crippen molar-refractivity contribution in [3.05, 3.63) is 10.1 Å². The standard InChI is InChI=1S/C6H7N5O6/c1-17-6(14)8-4-2(11(15)16)3(9-10-4)7-5(12)13/h1H3,(H,12,13)(H3,7,8,9,10,14). The van der Waals surface area contributed by atoms with Crippen LogP contribution < -0.4 is 10.6 Å². The van der Waals surface area contributed by atoms with E-state index in [9.17, 15) is 19.7 Å². The van der Waals surface area contributed by atoms with Gasteiger partial charge in [-0.1, -0.05) is 0 Å². The lowest BCUT2D eigenvalue weighted by Crippen LogP contribution is -2.13. The van der Waals surface area contributed by atoms with Gasteiger partial charge in [-0.15, -0.1) is 5.10 Å². The first-order chi connectivity index (χ1) is 7.95. The number of nitro groups is 1. The van der Waals surface area contributed by atoms with E-state index in [1.54, 1.807) is 5.32 Å². The lowest BCUT2D eigenvalue weighted by Gasteiger charge is -1.99. The number of aromatic amines is 1. The molecule has 0 aliphatic rings. The van der Waals surface area contributed by atoms with Crippen LogP contribution in [0.15, 0.2) is 0 Å². The van der Waals surface area contributed by atoms with E-state index in [-0.39, 0.29) is 0 Å². The second-order valence-electron chi connectivity index (χ2n) is 2.60. The van der Waals surface area contributed by atoms with Crippen LogP contribution >= 0.6 is 0 Å². The molecule has 0 unspecified atom stereocenters. The second kappa shape index (κ2) is 4.78. The number of hydrogen-bond donors (Lipinski definition) is 4. The van der Waals surface area contributed by atoms with Crippen LogP contribution in [0.2, 0.25) is 0 Å². The highest BCUT2D eigenvalue weighted by Gasteiger charge is 2.27. The van der Waals surface area contributed by atoms with Gasteiger partial charge in [0.05, 0.1) is 12.0 Å². The maximum absolute atomic E-state index is 10.8. The minimum Gasteiger partial charge on any atom is -0.465 e. The number of nitrogens with one attached hydrogen (secondary N) is 3. The SMILES string of the molecule is COC(=O)Nc1n[nH]c(NC(=O)O)c1[N+](=O)[O-]. The number of H-pyrrole nitrogens is 1. The van der Waals surface area contributed by atoms with Crippen LogP contribution in [-0.2, 0) is 4.74 Å². The van der Waals surface area contributed by atoms with E-state index in [0.717, 1.165) is 7.11 Å². The van der Waals surface area contributed by atoms with Gasteiger partial charge >= 0.3 is 17.9 Å². The summed E-state index contributed by atoms with van der Waals surface area (Å²) in [6, 6.07) is 0. The number of methoxy groups -OCH3 is 1. The molecular formula is C6H7N5O6. The number of carbonyl (C=O) groups excluding carboxylic acids is 1. The fourth-order valence-electron chi connectivity index (χ4n) is 0.943. The normalized spacial score (nSPS) is 9.47. The maximum Gasteiger partial charge on any atom is 0.412 e. The van der Waals surface area contributed by atoms with Gasteiger partial charge in [-0.3, -0.25) is 25.8 Å². The third-order valence-corrected chi connectivity index (χ3v) is 1.56. The quantitative estimate of drug-likeness (QED) is 0.447. The van der Waals surface area contributed by atoms with Gasteiger partial charge in [-0.2, -0.15) is 0 Å². The molecule has 0 radical (unpaired) electrons. The van der Waals surface area contributed by atoms with Gasteiger partial charge in [0.2, 0.25) is 11.6 Å². The van der Waals surface area contributed by atoms with Crippen molar-refractivity contribution in [1.29, 1.82) is 0 Å². The average molecular weight is 245 g/mol. The Balaban J connectivity index is 3.06. The smallest absolute Gasteiger partial charge is 0.412 e. The predicted octanol–water partition coefficient (Wildman–Crippen LogP) is 0.586. The molecule has 0 atom stereocenters. The van der Waals surface area contributed by atoms with Gasteiger partial charge in [0.1, 0.15) is 0 Å². The molecule has 92 valence electrons. The van der Waals surface area contributed by atoms with Crippen LogP contribution in [0, 0.1) is 10.1 Å². The average Bonchev–Trinajstić information content (AvgIpc) is 2.59.